The van der Waals surface area contributed by atoms with E-state index in [1.807, 2.05) is 0 Å². The predicted molar refractivity (Wildman–Crippen MR) is 77.0 cm³/mol. The van der Waals surface area contributed by atoms with E-state index in [4.69, 9.17) is 5.73 Å². The van der Waals surface area contributed by atoms with Crippen molar-refractivity contribution in [2.75, 3.05) is 18.5 Å². The number of hydrogen-bond acceptors (Lipinski definition) is 2. The van der Waals surface area contributed by atoms with Crippen molar-refractivity contribution in [2.45, 2.75) is 12.7 Å². The molecule has 0 fully saturated rings. The van der Waals surface area contributed by atoms with Crippen LogP contribution in [0.5, 0.6) is 0 Å². The standard InChI is InChI=1S/C13H14F3N3OS/c1-18-6-8-4-2-3-5-10(8)19(12(18)20)7-9(11(17)21)13(14,15)16/h2-5,9H,6-7H2,1H3,(H2,17,21). The van der Waals surface area contributed by atoms with Crippen LogP contribution in [0, 0.1) is 5.92 Å². The van der Waals surface area contributed by atoms with E-state index in [1.54, 1.807) is 24.3 Å². The number of nitrogens with two attached hydrogens (primary N) is 1. The Morgan fingerprint density at radius 2 is 2.05 bits per heavy atom. The first-order valence-corrected chi connectivity index (χ1v) is 6.59. The van der Waals surface area contributed by atoms with E-state index in [2.05, 4.69) is 12.2 Å². The first-order chi connectivity index (χ1) is 9.71. The number of alkyl halides is 3. The molecule has 2 amide bonds. The Labute approximate surface area is 125 Å². The van der Waals surface area contributed by atoms with Crippen LogP contribution < -0.4 is 10.6 Å². The number of hydrogen-bond donors (Lipinski definition) is 1. The number of carbonyl (C=O) groups excluding carboxylic acids is 1. The van der Waals surface area contributed by atoms with Gasteiger partial charge in [0.1, 0.15) is 5.92 Å². The Morgan fingerprint density at radius 3 is 2.62 bits per heavy atom. The van der Waals surface area contributed by atoms with Gasteiger partial charge in [0.15, 0.2) is 0 Å². The molecule has 1 aliphatic heterocycles. The second-order valence-corrected chi connectivity index (χ2v) is 5.35. The summed E-state index contributed by atoms with van der Waals surface area (Å²) < 4.78 is 39.0. The van der Waals surface area contributed by atoms with Crippen molar-refractivity contribution >= 4 is 28.9 Å². The van der Waals surface area contributed by atoms with E-state index >= 15 is 0 Å². The molecule has 0 saturated carbocycles. The maximum absolute atomic E-state index is 13.0. The van der Waals surface area contributed by atoms with Crippen molar-refractivity contribution in [1.29, 1.82) is 0 Å². The number of fused-ring (bicyclic) bond motifs is 1. The lowest BCUT2D eigenvalue weighted by atomic mass is 10.0. The van der Waals surface area contributed by atoms with Crippen molar-refractivity contribution < 1.29 is 18.0 Å². The van der Waals surface area contributed by atoms with Gasteiger partial charge in [-0.2, -0.15) is 13.2 Å². The van der Waals surface area contributed by atoms with Crippen LogP contribution in [0.3, 0.4) is 0 Å². The van der Waals surface area contributed by atoms with Crippen molar-refractivity contribution in [2.24, 2.45) is 11.7 Å². The molecule has 1 atom stereocenters. The minimum Gasteiger partial charge on any atom is -0.393 e. The summed E-state index contributed by atoms with van der Waals surface area (Å²) >= 11 is 4.51. The molecule has 0 aliphatic carbocycles. The first kappa shape index (κ1) is 15.6. The summed E-state index contributed by atoms with van der Waals surface area (Å²) in [7, 11) is 1.54. The lowest BCUT2D eigenvalue weighted by molar-refractivity contribution is -0.152. The van der Waals surface area contributed by atoms with Gasteiger partial charge in [0.2, 0.25) is 0 Å². The molecular formula is C13H14F3N3OS. The number of rotatable bonds is 3. The molecule has 1 aromatic rings. The number of urea groups is 1. The maximum atomic E-state index is 13.0. The second kappa shape index (κ2) is 5.51. The molecule has 4 nitrogen and oxygen atoms in total. The number of anilines is 1. The molecular weight excluding hydrogens is 303 g/mol. The van der Waals surface area contributed by atoms with Crippen LogP contribution in [-0.2, 0) is 6.54 Å². The Balaban J connectivity index is 2.38. The number of benzene rings is 1. The molecule has 0 aromatic heterocycles. The third-order valence-electron chi connectivity index (χ3n) is 3.35. The van der Waals surface area contributed by atoms with Crippen molar-refractivity contribution in [3.05, 3.63) is 29.8 Å². The van der Waals surface area contributed by atoms with E-state index < -0.39 is 29.7 Å². The number of carbonyl (C=O) groups is 1. The number of thiocarbonyl (C=S) groups is 1. The molecule has 114 valence electrons. The Morgan fingerprint density at radius 1 is 1.43 bits per heavy atom. The average Bonchev–Trinajstić information content (AvgIpc) is 2.37. The summed E-state index contributed by atoms with van der Waals surface area (Å²) in [5.41, 5.74) is 6.44. The number of nitrogens with zero attached hydrogens (tertiary/aromatic N) is 2. The lowest BCUT2D eigenvalue weighted by Gasteiger charge is -2.37. The zero-order valence-electron chi connectivity index (χ0n) is 11.2. The van der Waals surface area contributed by atoms with Crippen LogP contribution in [0.4, 0.5) is 23.7 Å². The number of para-hydroxylation sites is 1. The van der Waals surface area contributed by atoms with E-state index in [1.165, 1.54) is 11.9 Å². The summed E-state index contributed by atoms with van der Waals surface area (Å²) in [5.74, 6) is -2.03. The quantitative estimate of drug-likeness (QED) is 0.872. The van der Waals surface area contributed by atoms with Gasteiger partial charge in [0, 0.05) is 20.1 Å². The monoisotopic (exact) mass is 317 g/mol. The SMILES string of the molecule is CN1Cc2ccccc2N(CC(C(N)=S)C(F)(F)F)C1=O. The average molecular weight is 317 g/mol. The highest BCUT2D eigenvalue weighted by Crippen LogP contribution is 2.33. The van der Waals surface area contributed by atoms with Gasteiger partial charge in [-0.25, -0.2) is 4.79 Å². The molecule has 0 bridgehead atoms. The smallest absolute Gasteiger partial charge is 0.393 e. The van der Waals surface area contributed by atoms with Gasteiger partial charge in [-0.1, -0.05) is 30.4 Å². The predicted octanol–water partition coefficient (Wildman–Crippen LogP) is 2.52. The fourth-order valence-corrected chi connectivity index (χ4v) is 2.46. The van der Waals surface area contributed by atoms with Crippen LogP contribution >= 0.6 is 12.2 Å². The van der Waals surface area contributed by atoms with Gasteiger partial charge in [-0.3, -0.25) is 4.90 Å². The molecule has 1 heterocycles. The molecule has 0 radical (unpaired) electrons. The van der Waals surface area contributed by atoms with Crippen molar-refractivity contribution in [1.82, 2.24) is 4.90 Å². The summed E-state index contributed by atoms with van der Waals surface area (Å²) in [4.78, 5) is 13.9. The highest BCUT2D eigenvalue weighted by molar-refractivity contribution is 7.80. The zero-order valence-corrected chi connectivity index (χ0v) is 12.0. The van der Waals surface area contributed by atoms with E-state index in [-0.39, 0.29) is 0 Å². The van der Waals surface area contributed by atoms with Crippen LogP contribution in [0.1, 0.15) is 5.56 Å². The van der Waals surface area contributed by atoms with Crippen LogP contribution in [-0.4, -0.2) is 35.7 Å². The molecule has 8 heteroatoms. The van der Waals surface area contributed by atoms with Crippen LogP contribution in [0.15, 0.2) is 24.3 Å². The molecule has 2 rings (SSSR count). The molecule has 21 heavy (non-hydrogen) atoms. The van der Waals surface area contributed by atoms with Gasteiger partial charge >= 0.3 is 12.2 Å². The fraction of sp³-hybridized carbons (Fsp3) is 0.385. The second-order valence-electron chi connectivity index (χ2n) is 4.87. The normalized spacial score (nSPS) is 16.7. The van der Waals surface area contributed by atoms with E-state index in [9.17, 15) is 18.0 Å². The Hall–Kier alpha value is -1.83. The molecule has 1 unspecified atom stereocenters. The van der Waals surface area contributed by atoms with Crippen molar-refractivity contribution in [3.63, 3.8) is 0 Å². The minimum absolute atomic E-state index is 0.356. The lowest BCUT2D eigenvalue weighted by Crippen LogP contribution is -2.51. The van der Waals surface area contributed by atoms with Gasteiger partial charge in [-0.05, 0) is 11.6 Å². The molecule has 1 aliphatic rings. The van der Waals surface area contributed by atoms with E-state index in [0.29, 0.717) is 12.2 Å². The van der Waals surface area contributed by atoms with Crippen LogP contribution in [0.2, 0.25) is 0 Å². The van der Waals surface area contributed by atoms with E-state index in [0.717, 1.165) is 10.5 Å². The Kier molecular flexibility index (Phi) is 4.08. The van der Waals surface area contributed by atoms with Gasteiger partial charge in [-0.15, -0.1) is 0 Å². The highest BCUT2D eigenvalue weighted by Gasteiger charge is 2.44. The topological polar surface area (TPSA) is 49.6 Å². The number of halogens is 3. The van der Waals surface area contributed by atoms with Gasteiger partial charge in [0.25, 0.3) is 0 Å². The highest BCUT2D eigenvalue weighted by atomic mass is 32.1. The Bertz CT molecular complexity index is 576. The van der Waals surface area contributed by atoms with Crippen LogP contribution in [0.25, 0.3) is 0 Å². The zero-order chi connectivity index (χ0) is 15.8. The van der Waals surface area contributed by atoms with Gasteiger partial charge in [0.05, 0.1) is 10.7 Å². The molecule has 2 N–H and O–H groups in total. The summed E-state index contributed by atoms with van der Waals surface area (Å²) in [6.45, 7) is -0.256. The van der Waals surface area contributed by atoms with Gasteiger partial charge < -0.3 is 10.6 Å². The maximum Gasteiger partial charge on any atom is 0.399 e. The summed E-state index contributed by atoms with van der Waals surface area (Å²) in [5, 5.41) is 0. The minimum atomic E-state index is -4.59. The fourth-order valence-electron chi connectivity index (χ4n) is 2.25. The third-order valence-corrected chi connectivity index (χ3v) is 3.64. The third kappa shape index (κ3) is 3.10. The largest absolute Gasteiger partial charge is 0.399 e. The molecule has 1 aromatic carbocycles. The van der Waals surface area contributed by atoms with Crippen molar-refractivity contribution in [3.8, 4) is 0 Å². The molecule has 0 saturated heterocycles. The summed E-state index contributed by atoms with van der Waals surface area (Å²) in [6, 6.07) is 6.34. The molecule has 0 spiro atoms. The summed E-state index contributed by atoms with van der Waals surface area (Å²) in [6.07, 6.45) is -4.59. The number of amides is 2. The first-order valence-electron chi connectivity index (χ1n) is 6.18.